The number of ketones is 1. The van der Waals surface area contributed by atoms with Crippen LogP contribution in [-0.2, 0) is 21.7 Å². The van der Waals surface area contributed by atoms with E-state index < -0.39 is 5.54 Å². The predicted molar refractivity (Wildman–Crippen MR) is 125 cm³/mol. The quantitative estimate of drug-likeness (QED) is 0.426. The van der Waals surface area contributed by atoms with E-state index >= 15 is 0 Å². The number of benzene rings is 2. The Morgan fingerprint density at radius 2 is 1.79 bits per heavy atom. The summed E-state index contributed by atoms with van der Waals surface area (Å²) in [5.74, 6) is -0.351. The molecule has 1 fully saturated rings. The highest BCUT2D eigenvalue weighted by atomic mass is 16.5. The van der Waals surface area contributed by atoms with Crippen molar-refractivity contribution in [2.45, 2.75) is 43.9 Å². The molecule has 3 aromatic rings. The molecule has 6 heteroatoms. The van der Waals surface area contributed by atoms with Crippen molar-refractivity contribution in [3.8, 4) is 0 Å². The van der Waals surface area contributed by atoms with Gasteiger partial charge in [-0.25, -0.2) is 0 Å². The molecule has 1 saturated carbocycles. The molecule has 3 unspecified atom stereocenters. The van der Waals surface area contributed by atoms with Gasteiger partial charge in [0.25, 0.3) is 0 Å². The van der Waals surface area contributed by atoms with Crippen LogP contribution in [-0.4, -0.2) is 22.1 Å². The molecule has 3 N–H and O–H groups in total. The summed E-state index contributed by atoms with van der Waals surface area (Å²) < 4.78 is 6.17. The third kappa shape index (κ3) is 5.18. The van der Waals surface area contributed by atoms with E-state index in [1.165, 1.54) is 0 Å². The van der Waals surface area contributed by atoms with E-state index in [2.05, 4.69) is 10.1 Å². The van der Waals surface area contributed by atoms with Gasteiger partial charge in [0.1, 0.15) is 10.9 Å². The lowest BCUT2D eigenvalue weighted by Gasteiger charge is -2.35. The molecule has 1 aromatic heterocycles. The van der Waals surface area contributed by atoms with Crippen molar-refractivity contribution >= 4 is 5.78 Å². The smallest absolute Gasteiger partial charge is 0.166 e. The van der Waals surface area contributed by atoms with E-state index in [0.717, 1.165) is 24.8 Å². The molecular formula is C27H29N3O3. The average Bonchev–Trinajstić information content (AvgIpc) is 3.14. The number of aromatic nitrogens is 1. The minimum atomic E-state index is -1.47. The molecule has 1 heterocycles. The number of nitrogens with two attached hydrogens (primary N) is 1. The minimum absolute atomic E-state index is 0.00391. The van der Waals surface area contributed by atoms with Crippen LogP contribution >= 0.6 is 0 Å². The standard InChI is InChI=1S/C27H29N3O3/c28-27(22-12-5-2-6-13-22,25-18-23(30-32)14-8-16-29-25)26(31)21-11-7-15-24(17-21)33-19-20-9-3-1-4-10-20/h1-6,8-10,12-14,16,18,21,24,32H,7,11,15,17,19,28H2. The van der Waals surface area contributed by atoms with Gasteiger partial charge in [0.15, 0.2) is 5.78 Å². The van der Waals surface area contributed by atoms with Crippen LogP contribution in [0.1, 0.15) is 42.5 Å². The highest BCUT2D eigenvalue weighted by Gasteiger charge is 2.44. The Hall–Kier alpha value is -3.35. The SMILES string of the molecule is NC(C(=O)C1CCCC(OCc2ccccc2)C1)(c1ccccc1)c1cc(=NO)cccn1. The number of carbonyl (C=O) groups excluding carboxylic acids is 1. The summed E-state index contributed by atoms with van der Waals surface area (Å²) in [4.78, 5) is 18.5. The van der Waals surface area contributed by atoms with Crippen LogP contribution in [0.15, 0.2) is 90.2 Å². The van der Waals surface area contributed by atoms with E-state index in [1.54, 1.807) is 24.4 Å². The van der Waals surface area contributed by atoms with Crippen molar-refractivity contribution in [3.63, 3.8) is 0 Å². The second-order valence-electron chi connectivity index (χ2n) is 8.51. The Balaban J connectivity index is 1.62. The van der Waals surface area contributed by atoms with Gasteiger partial charge in [-0.05, 0) is 48.6 Å². The summed E-state index contributed by atoms with van der Waals surface area (Å²) in [5.41, 5.74) is 7.59. The molecule has 170 valence electrons. The van der Waals surface area contributed by atoms with Crippen LogP contribution in [0.4, 0.5) is 0 Å². The molecule has 0 spiro atoms. The molecule has 0 saturated heterocycles. The zero-order valence-electron chi connectivity index (χ0n) is 18.5. The van der Waals surface area contributed by atoms with Crippen molar-refractivity contribution in [2.75, 3.05) is 0 Å². The predicted octanol–water partition coefficient (Wildman–Crippen LogP) is 3.92. The molecule has 0 bridgehead atoms. The molecule has 1 aliphatic rings. The lowest BCUT2D eigenvalue weighted by molar-refractivity contribution is -0.130. The van der Waals surface area contributed by atoms with Gasteiger partial charge in [0.2, 0.25) is 0 Å². The first-order chi connectivity index (χ1) is 16.1. The van der Waals surface area contributed by atoms with Crippen molar-refractivity contribution < 1.29 is 14.7 Å². The van der Waals surface area contributed by atoms with Crippen molar-refractivity contribution in [1.29, 1.82) is 0 Å². The van der Waals surface area contributed by atoms with E-state index in [9.17, 15) is 10.0 Å². The monoisotopic (exact) mass is 443 g/mol. The molecule has 6 nitrogen and oxygen atoms in total. The highest BCUT2D eigenvalue weighted by Crippen LogP contribution is 2.35. The maximum atomic E-state index is 14.0. The Labute approximate surface area is 193 Å². The average molecular weight is 444 g/mol. The first kappa shape index (κ1) is 22.8. The molecular weight excluding hydrogens is 414 g/mol. The van der Waals surface area contributed by atoms with E-state index in [-0.39, 0.29) is 23.2 Å². The molecule has 0 amide bonds. The second-order valence-corrected chi connectivity index (χ2v) is 8.51. The van der Waals surface area contributed by atoms with Gasteiger partial charge in [0, 0.05) is 12.1 Å². The number of rotatable bonds is 7. The van der Waals surface area contributed by atoms with Crippen LogP contribution < -0.4 is 11.1 Å². The fraction of sp³-hybridized carbons (Fsp3) is 0.296. The zero-order chi connectivity index (χ0) is 23.1. The Kier molecular flexibility index (Phi) is 7.27. The molecule has 1 aliphatic carbocycles. The normalized spacial score (nSPS) is 20.7. The van der Waals surface area contributed by atoms with Crippen LogP contribution in [0.5, 0.6) is 0 Å². The number of carbonyl (C=O) groups is 1. The summed E-state index contributed by atoms with van der Waals surface area (Å²) in [6.45, 7) is 0.524. The third-order valence-electron chi connectivity index (χ3n) is 6.31. The van der Waals surface area contributed by atoms with Crippen LogP contribution in [0.2, 0.25) is 0 Å². The van der Waals surface area contributed by atoms with Gasteiger partial charge >= 0.3 is 0 Å². The molecule has 3 atom stereocenters. The first-order valence-corrected chi connectivity index (χ1v) is 11.3. The molecule has 0 radical (unpaired) electrons. The molecule has 4 rings (SSSR count). The third-order valence-corrected chi connectivity index (χ3v) is 6.31. The van der Waals surface area contributed by atoms with Gasteiger partial charge in [-0.15, -0.1) is 0 Å². The van der Waals surface area contributed by atoms with E-state index in [1.807, 2.05) is 60.7 Å². The number of Topliss-reactive ketones (excluding diaryl/α,β-unsaturated/α-hetero) is 1. The lowest BCUT2D eigenvalue weighted by Crippen LogP contribution is -2.50. The highest BCUT2D eigenvalue weighted by molar-refractivity contribution is 5.94. The fourth-order valence-corrected chi connectivity index (χ4v) is 4.53. The number of nitrogens with zero attached hydrogens (tertiary/aromatic N) is 2. The van der Waals surface area contributed by atoms with Crippen LogP contribution in [0.25, 0.3) is 0 Å². The second kappa shape index (κ2) is 10.5. The minimum Gasteiger partial charge on any atom is -0.410 e. The zero-order valence-corrected chi connectivity index (χ0v) is 18.5. The topological polar surface area (TPSA) is 97.8 Å². The van der Waals surface area contributed by atoms with Gasteiger partial charge in [-0.3, -0.25) is 9.78 Å². The Morgan fingerprint density at radius 3 is 2.52 bits per heavy atom. The summed E-state index contributed by atoms with van der Waals surface area (Å²) in [6.07, 6.45) is 4.75. The molecule has 0 aliphatic heterocycles. The van der Waals surface area contributed by atoms with Crippen molar-refractivity contribution in [1.82, 2.24) is 4.98 Å². The van der Waals surface area contributed by atoms with Gasteiger partial charge < -0.3 is 15.7 Å². The number of hydrogen-bond donors (Lipinski definition) is 2. The molecule has 2 aromatic carbocycles. The van der Waals surface area contributed by atoms with Gasteiger partial charge in [-0.1, -0.05) is 72.2 Å². The first-order valence-electron chi connectivity index (χ1n) is 11.3. The van der Waals surface area contributed by atoms with Gasteiger partial charge in [0.05, 0.1) is 18.4 Å². The van der Waals surface area contributed by atoms with E-state index in [0.29, 0.717) is 24.3 Å². The molecule has 33 heavy (non-hydrogen) atoms. The number of ether oxygens (including phenoxy) is 1. The lowest BCUT2D eigenvalue weighted by atomic mass is 9.73. The van der Waals surface area contributed by atoms with Crippen molar-refractivity contribution in [2.24, 2.45) is 16.8 Å². The maximum Gasteiger partial charge on any atom is 0.166 e. The number of hydrogen-bond acceptors (Lipinski definition) is 6. The summed E-state index contributed by atoms with van der Waals surface area (Å²) in [6, 6.07) is 24.2. The summed E-state index contributed by atoms with van der Waals surface area (Å²) >= 11 is 0. The fourth-order valence-electron chi connectivity index (χ4n) is 4.53. The maximum absolute atomic E-state index is 14.0. The Morgan fingerprint density at radius 1 is 1.06 bits per heavy atom. The van der Waals surface area contributed by atoms with Crippen molar-refractivity contribution in [3.05, 3.63) is 107 Å². The van der Waals surface area contributed by atoms with E-state index in [4.69, 9.17) is 10.5 Å². The van der Waals surface area contributed by atoms with Crippen LogP contribution in [0.3, 0.4) is 0 Å². The van der Waals surface area contributed by atoms with Gasteiger partial charge in [-0.2, -0.15) is 0 Å². The Bertz CT molecular complexity index is 1140. The van der Waals surface area contributed by atoms with Crippen LogP contribution in [0, 0.1) is 5.92 Å². The largest absolute Gasteiger partial charge is 0.410 e. The summed E-state index contributed by atoms with van der Waals surface area (Å²) in [5, 5.41) is 12.9. The summed E-state index contributed by atoms with van der Waals surface area (Å²) in [7, 11) is 0.